The van der Waals surface area contributed by atoms with Crippen LogP contribution < -0.4 is 5.32 Å². The number of hydrogen-bond donors (Lipinski definition) is 2. The van der Waals surface area contributed by atoms with Crippen LogP contribution in [0.15, 0.2) is 78.2 Å². The third-order valence-electron chi connectivity index (χ3n) is 4.16. The largest absolute Gasteiger partial charge is 0.386 e. The van der Waals surface area contributed by atoms with Crippen molar-refractivity contribution in [2.75, 3.05) is 6.54 Å². The molecule has 0 fully saturated rings. The Morgan fingerprint density at radius 3 is 2.04 bits per heavy atom. The van der Waals surface area contributed by atoms with E-state index in [1.165, 1.54) is 11.3 Å². The molecule has 0 saturated heterocycles. The second-order valence-corrected chi connectivity index (χ2v) is 6.89. The summed E-state index contributed by atoms with van der Waals surface area (Å²) in [7, 11) is 0. The van der Waals surface area contributed by atoms with Gasteiger partial charge in [-0.2, -0.15) is 0 Å². The van der Waals surface area contributed by atoms with Gasteiger partial charge in [0, 0.05) is 23.8 Å². The molecule has 128 valence electrons. The van der Waals surface area contributed by atoms with Crippen LogP contribution in [-0.4, -0.2) is 17.6 Å². The van der Waals surface area contributed by atoms with Crippen molar-refractivity contribution in [1.29, 1.82) is 0 Å². The van der Waals surface area contributed by atoms with Crippen LogP contribution in [0.25, 0.3) is 0 Å². The highest BCUT2D eigenvalue weighted by atomic mass is 32.1. The fraction of sp³-hybridized carbons (Fsp3) is 0.190. The van der Waals surface area contributed by atoms with Gasteiger partial charge in [0.2, 0.25) is 5.91 Å². The average Bonchev–Trinajstić information content (AvgIpc) is 3.20. The molecule has 3 nitrogen and oxygen atoms in total. The Hall–Kier alpha value is -2.43. The van der Waals surface area contributed by atoms with E-state index in [0.29, 0.717) is 6.42 Å². The molecule has 2 aromatic carbocycles. The van der Waals surface area contributed by atoms with Crippen LogP contribution in [0.2, 0.25) is 0 Å². The Kier molecular flexibility index (Phi) is 5.99. The summed E-state index contributed by atoms with van der Waals surface area (Å²) in [5.74, 6) is -0.0606. The van der Waals surface area contributed by atoms with Crippen molar-refractivity contribution in [1.82, 2.24) is 5.32 Å². The molecule has 0 aliphatic heterocycles. The lowest BCUT2D eigenvalue weighted by atomic mass is 9.88. The quantitative estimate of drug-likeness (QED) is 0.673. The lowest BCUT2D eigenvalue weighted by Crippen LogP contribution is -2.29. The van der Waals surface area contributed by atoms with Crippen LogP contribution in [0.4, 0.5) is 0 Å². The first-order valence-electron chi connectivity index (χ1n) is 8.32. The number of nitrogens with one attached hydrogen (secondary N) is 1. The zero-order valence-corrected chi connectivity index (χ0v) is 14.7. The number of benzene rings is 2. The van der Waals surface area contributed by atoms with E-state index in [4.69, 9.17) is 0 Å². The highest BCUT2D eigenvalue weighted by molar-refractivity contribution is 7.10. The number of rotatable bonds is 7. The Labute approximate surface area is 152 Å². The van der Waals surface area contributed by atoms with E-state index in [1.54, 1.807) is 0 Å². The minimum absolute atomic E-state index is 0.00119. The van der Waals surface area contributed by atoms with E-state index in [2.05, 4.69) is 5.32 Å². The molecule has 0 spiro atoms. The standard InChI is InChI=1S/C21H21NO2S/c23-19(20-12-7-13-25-20)15-22-21(24)14-18(16-8-3-1-4-9-16)17-10-5-2-6-11-17/h1-13,18-19,23H,14-15H2,(H,22,24). The van der Waals surface area contributed by atoms with Gasteiger partial charge >= 0.3 is 0 Å². The van der Waals surface area contributed by atoms with Crippen LogP contribution in [0, 0.1) is 0 Å². The lowest BCUT2D eigenvalue weighted by molar-refractivity contribution is -0.121. The SMILES string of the molecule is O=C(CC(c1ccccc1)c1ccccc1)NCC(O)c1cccs1. The summed E-state index contributed by atoms with van der Waals surface area (Å²) in [6.45, 7) is 0.232. The van der Waals surface area contributed by atoms with Crippen molar-refractivity contribution in [2.45, 2.75) is 18.4 Å². The average molecular weight is 351 g/mol. The number of carbonyl (C=O) groups excluding carboxylic acids is 1. The number of aliphatic hydroxyl groups is 1. The number of carbonyl (C=O) groups is 1. The minimum Gasteiger partial charge on any atom is -0.386 e. The highest BCUT2D eigenvalue weighted by Gasteiger charge is 2.19. The Bertz CT molecular complexity index is 733. The second kappa shape index (κ2) is 8.60. The Morgan fingerprint density at radius 2 is 1.52 bits per heavy atom. The van der Waals surface area contributed by atoms with Gasteiger partial charge < -0.3 is 10.4 Å². The normalized spacial score (nSPS) is 12.1. The topological polar surface area (TPSA) is 49.3 Å². The van der Waals surface area contributed by atoms with Crippen LogP contribution in [0.3, 0.4) is 0 Å². The smallest absolute Gasteiger partial charge is 0.221 e. The molecule has 4 heteroatoms. The molecule has 1 aromatic heterocycles. The summed E-state index contributed by atoms with van der Waals surface area (Å²) >= 11 is 1.49. The summed E-state index contributed by atoms with van der Waals surface area (Å²) < 4.78 is 0. The molecular weight excluding hydrogens is 330 g/mol. The molecule has 2 N–H and O–H groups in total. The van der Waals surface area contributed by atoms with Crippen LogP contribution in [-0.2, 0) is 4.79 Å². The fourth-order valence-electron chi connectivity index (χ4n) is 2.85. The van der Waals surface area contributed by atoms with Crippen molar-refractivity contribution in [2.24, 2.45) is 0 Å². The maximum Gasteiger partial charge on any atom is 0.221 e. The molecule has 1 amide bonds. The molecule has 3 rings (SSSR count). The maximum atomic E-state index is 12.5. The molecular formula is C21H21NO2S. The van der Waals surface area contributed by atoms with Crippen LogP contribution in [0.5, 0.6) is 0 Å². The van der Waals surface area contributed by atoms with Gasteiger partial charge in [-0.25, -0.2) is 0 Å². The van der Waals surface area contributed by atoms with E-state index < -0.39 is 6.10 Å². The maximum absolute atomic E-state index is 12.5. The van der Waals surface area contributed by atoms with Crippen molar-refractivity contribution in [3.63, 3.8) is 0 Å². The van der Waals surface area contributed by atoms with Gasteiger partial charge in [0.25, 0.3) is 0 Å². The highest BCUT2D eigenvalue weighted by Crippen LogP contribution is 2.27. The van der Waals surface area contributed by atoms with Gasteiger partial charge in [-0.05, 0) is 22.6 Å². The molecule has 1 atom stereocenters. The van der Waals surface area contributed by atoms with E-state index in [9.17, 15) is 9.90 Å². The van der Waals surface area contributed by atoms with Crippen LogP contribution in [0.1, 0.15) is 34.4 Å². The molecule has 1 heterocycles. The number of amides is 1. The predicted octanol–water partition coefficient (Wildman–Crippen LogP) is 4.12. The first-order chi connectivity index (χ1) is 12.2. The fourth-order valence-corrected chi connectivity index (χ4v) is 3.56. The van der Waals surface area contributed by atoms with Crippen molar-refractivity contribution < 1.29 is 9.90 Å². The van der Waals surface area contributed by atoms with E-state index in [0.717, 1.165) is 16.0 Å². The summed E-state index contributed by atoms with van der Waals surface area (Å²) in [5, 5.41) is 14.9. The Morgan fingerprint density at radius 1 is 0.920 bits per heavy atom. The van der Waals surface area contributed by atoms with E-state index in [1.807, 2.05) is 78.2 Å². The molecule has 0 saturated carbocycles. The zero-order chi connectivity index (χ0) is 17.5. The van der Waals surface area contributed by atoms with Crippen molar-refractivity contribution in [3.8, 4) is 0 Å². The molecule has 1 unspecified atom stereocenters. The molecule has 0 bridgehead atoms. The van der Waals surface area contributed by atoms with Gasteiger partial charge in [-0.15, -0.1) is 11.3 Å². The third kappa shape index (κ3) is 4.78. The molecule has 0 radical (unpaired) electrons. The summed E-state index contributed by atoms with van der Waals surface area (Å²) in [6.07, 6.45) is -0.304. The summed E-state index contributed by atoms with van der Waals surface area (Å²) in [4.78, 5) is 13.3. The first-order valence-corrected chi connectivity index (χ1v) is 9.20. The summed E-state index contributed by atoms with van der Waals surface area (Å²) in [6, 6.07) is 23.9. The second-order valence-electron chi connectivity index (χ2n) is 5.91. The third-order valence-corrected chi connectivity index (χ3v) is 5.13. The predicted molar refractivity (Wildman–Crippen MR) is 102 cm³/mol. The van der Waals surface area contributed by atoms with Gasteiger partial charge in [0.05, 0.1) is 0 Å². The van der Waals surface area contributed by atoms with Gasteiger partial charge in [-0.1, -0.05) is 66.7 Å². The van der Waals surface area contributed by atoms with Crippen LogP contribution >= 0.6 is 11.3 Å². The van der Waals surface area contributed by atoms with Crippen molar-refractivity contribution in [3.05, 3.63) is 94.2 Å². The number of aliphatic hydroxyl groups excluding tert-OH is 1. The molecule has 3 aromatic rings. The zero-order valence-electron chi connectivity index (χ0n) is 13.8. The van der Waals surface area contributed by atoms with E-state index >= 15 is 0 Å². The first kappa shape index (κ1) is 17.4. The summed E-state index contributed by atoms with van der Waals surface area (Å²) in [5.41, 5.74) is 2.23. The monoisotopic (exact) mass is 351 g/mol. The number of hydrogen-bond acceptors (Lipinski definition) is 3. The molecule has 0 aliphatic carbocycles. The van der Waals surface area contributed by atoms with Gasteiger partial charge in [0.1, 0.15) is 6.10 Å². The van der Waals surface area contributed by atoms with E-state index in [-0.39, 0.29) is 18.4 Å². The Balaban J connectivity index is 1.67. The van der Waals surface area contributed by atoms with Gasteiger partial charge in [-0.3, -0.25) is 4.79 Å². The van der Waals surface area contributed by atoms with Crippen molar-refractivity contribution >= 4 is 17.2 Å². The number of thiophene rings is 1. The molecule has 0 aliphatic rings. The van der Waals surface area contributed by atoms with Gasteiger partial charge in [0.15, 0.2) is 0 Å². The molecule has 25 heavy (non-hydrogen) atoms. The lowest BCUT2D eigenvalue weighted by Gasteiger charge is -2.18. The minimum atomic E-state index is -0.657.